The van der Waals surface area contributed by atoms with Gasteiger partial charge in [0.25, 0.3) is 0 Å². The summed E-state index contributed by atoms with van der Waals surface area (Å²) in [5, 5.41) is 8.20. The van der Waals surface area contributed by atoms with Gasteiger partial charge in [0.1, 0.15) is 0 Å². The molecule has 2 nitrogen and oxygen atoms in total. The van der Waals surface area contributed by atoms with E-state index in [0.29, 0.717) is 6.10 Å². The molecule has 1 fully saturated rings. The number of hydrogen-bond donors (Lipinski definition) is 1. The van der Waals surface area contributed by atoms with Gasteiger partial charge < -0.3 is 9.84 Å². The second-order valence-electron chi connectivity index (χ2n) is 1.47. The van der Waals surface area contributed by atoms with Crippen molar-refractivity contribution in [3.63, 3.8) is 0 Å². The Morgan fingerprint density at radius 3 is 2.67 bits per heavy atom. The van der Waals surface area contributed by atoms with Crippen LogP contribution in [0.25, 0.3) is 0 Å². The van der Waals surface area contributed by atoms with E-state index in [2.05, 4.69) is 0 Å². The quantitative estimate of drug-likeness (QED) is 0.473. The zero-order valence-electron chi connectivity index (χ0n) is 3.55. The summed E-state index contributed by atoms with van der Waals surface area (Å²) in [6.45, 7) is 1.13. The van der Waals surface area contributed by atoms with Gasteiger partial charge in [-0.05, 0) is 6.42 Å². The Labute approximate surface area is 36.7 Å². The van der Waals surface area contributed by atoms with E-state index in [9.17, 15) is 0 Å². The summed E-state index contributed by atoms with van der Waals surface area (Å²) in [7, 11) is 0. The predicted octanol–water partition coefficient (Wildman–Crippen LogP) is -0.232. The molecule has 0 aromatic carbocycles. The number of ether oxygens (including phenoxy) is 1. The maximum Gasteiger partial charge on any atom is 0.0831 e. The first-order valence-corrected chi connectivity index (χ1v) is 2.16. The molecular formula is C4H8O2. The van der Waals surface area contributed by atoms with Crippen LogP contribution < -0.4 is 0 Å². The van der Waals surface area contributed by atoms with Crippen LogP contribution in [0, 0.1) is 0 Å². The first-order valence-electron chi connectivity index (χ1n) is 2.16. The topological polar surface area (TPSA) is 32.8 Å². The van der Waals surface area contributed by atoms with Crippen molar-refractivity contribution >= 4 is 0 Å². The smallest absolute Gasteiger partial charge is 0.0831 e. The van der Waals surface area contributed by atoms with Crippen LogP contribution in [-0.4, -0.2) is 24.4 Å². The number of aliphatic hydroxyl groups is 1. The molecule has 1 atom stereocenters. The van der Waals surface area contributed by atoms with E-state index in [1.54, 1.807) is 0 Å². The average Bonchev–Trinajstić information content (AvgIpc) is 2.21. The van der Waals surface area contributed by atoms with E-state index in [1.165, 1.54) is 0 Å². The predicted molar refractivity (Wildman–Crippen MR) is 21.4 cm³/mol. The van der Waals surface area contributed by atoms with Crippen LogP contribution in [0.3, 0.4) is 0 Å². The SMILES string of the molecule is OCC[C@@H]1CO1. The van der Waals surface area contributed by atoms with Crippen LogP contribution >= 0.6 is 0 Å². The Kier molecular flexibility index (Phi) is 1.08. The highest BCUT2D eigenvalue weighted by atomic mass is 16.6. The van der Waals surface area contributed by atoms with Crippen molar-refractivity contribution in [2.45, 2.75) is 12.5 Å². The van der Waals surface area contributed by atoms with Crippen molar-refractivity contribution in [1.82, 2.24) is 0 Å². The molecule has 1 N–H and O–H groups in total. The van der Waals surface area contributed by atoms with Gasteiger partial charge in [0, 0.05) is 6.61 Å². The summed E-state index contributed by atoms with van der Waals surface area (Å²) >= 11 is 0. The van der Waals surface area contributed by atoms with Crippen LogP contribution in [0.4, 0.5) is 0 Å². The fourth-order valence-electron chi connectivity index (χ4n) is 0.379. The summed E-state index contributed by atoms with van der Waals surface area (Å²) in [6.07, 6.45) is 1.22. The molecule has 0 aromatic heterocycles. The molecule has 0 bridgehead atoms. The molecule has 0 aromatic rings. The molecule has 36 valence electrons. The minimum absolute atomic E-state index is 0.269. The monoisotopic (exact) mass is 88.1 g/mol. The van der Waals surface area contributed by atoms with E-state index >= 15 is 0 Å². The molecule has 1 heterocycles. The zero-order chi connectivity index (χ0) is 4.41. The van der Waals surface area contributed by atoms with Crippen molar-refractivity contribution in [2.75, 3.05) is 13.2 Å². The zero-order valence-corrected chi connectivity index (χ0v) is 3.55. The van der Waals surface area contributed by atoms with E-state index in [1.807, 2.05) is 0 Å². The number of rotatable bonds is 2. The van der Waals surface area contributed by atoms with Crippen molar-refractivity contribution in [1.29, 1.82) is 0 Å². The lowest BCUT2D eigenvalue weighted by Gasteiger charge is -1.80. The second-order valence-corrected chi connectivity index (χ2v) is 1.47. The summed E-state index contributed by atoms with van der Waals surface area (Å²) in [5.74, 6) is 0. The summed E-state index contributed by atoms with van der Waals surface area (Å²) in [4.78, 5) is 0. The van der Waals surface area contributed by atoms with Gasteiger partial charge in [-0.3, -0.25) is 0 Å². The third-order valence-electron chi connectivity index (χ3n) is 0.853. The van der Waals surface area contributed by atoms with Crippen LogP contribution in [0.2, 0.25) is 0 Å². The fraction of sp³-hybridized carbons (Fsp3) is 1.00. The summed E-state index contributed by atoms with van der Waals surface area (Å²) in [6, 6.07) is 0. The Morgan fingerprint density at radius 2 is 2.50 bits per heavy atom. The Morgan fingerprint density at radius 1 is 1.83 bits per heavy atom. The largest absolute Gasteiger partial charge is 0.396 e. The van der Waals surface area contributed by atoms with E-state index < -0.39 is 0 Å². The molecule has 6 heavy (non-hydrogen) atoms. The van der Waals surface area contributed by atoms with Gasteiger partial charge in [-0.1, -0.05) is 0 Å². The van der Waals surface area contributed by atoms with Crippen LogP contribution in [0.1, 0.15) is 6.42 Å². The van der Waals surface area contributed by atoms with Gasteiger partial charge in [0.2, 0.25) is 0 Å². The van der Waals surface area contributed by atoms with Crippen molar-refractivity contribution in [3.8, 4) is 0 Å². The second kappa shape index (κ2) is 1.58. The van der Waals surface area contributed by atoms with Crippen molar-refractivity contribution in [3.05, 3.63) is 0 Å². The molecular weight excluding hydrogens is 80.0 g/mol. The number of aliphatic hydroxyl groups excluding tert-OH is 1. The van der Waals surface area contributed by atoms with Gasteiger partial charge in [0.05, 0.1) is 12.7 Å². The normalized spacial score (nSPS) is 30.5. The molecule has 0 amide bonds. The number of epoxide rings is 1. The maximum absolute atomic E-state index is 8.20. The molecule has 0 radical (unpaired) electrons. The van der Waals surface area contributed by atoms with Crippen molar-refractivity contribution in [2.24, 2.45) is 0 Å². The highest BCUT2D eigenvalue weighted by molar-refractivity contribution is 4.66. The molecule has 0 spiro atoms. The maximum atomic E-state index is 8.20. The fourth-order valence-corrected chi connectivity index (χ4v) is 0.379. The Bertz CT molecular complexity index is 40.8. The van der Waals surface area contributed by atoms with E-state index in [4.69, 9.17) is 9.84 Å². The van der Waals surface area contributed by atoms with Gasteiger partial charge in [-0.15, -0.1) is 0 Å². The Hall–Kier alpha value is -0.0800. The van der Waals surface area contributed by atoms with Crippen LogP contribution in [0.15, 0.2) is 0 Å². The van der Waals surface area contributed by atoms with Gasteiger partial charge in [-0.2, -0.15) is 0 Å². The highest BCUT2D eigenvalue weighted by Crippen LogP contribution is 2.11. The first-order chi connectivity index (χ1) is 2.93. The van der Waals surface area contributed by atoms with Crippen LogP contribution in [0.5, 0.6) is 0 Å². The van der Waals surface area contributed by atoms with Gasteiger partial charge >= 0.3 is 0 Å². The molecule has 2 heteroatoms. The molecule has 1 aliphatic heterocycles. The average molecular weight is 88.1 g/mol. The Balaban J connectivity index is 1.88. The lowest BCUT2D eigenvalue weighted by atomic mass is 10.4. The van der Waals surface area contributed by atoms with Crippen LogP contribution in [-0.2, 0) is 4.74 Å². The van der Waals surface area contributed by atoms with Crippen molar-refractivity contribution < 1.29 is 9.84 Å². The van der Waals surface area contributed by atoms with E-state index in [-0.39, 0.29) is 6.61 Å². The highest BCUT2D eigenvalue weighted by Gasteiger charge is 2.20. The standard InChI is InChI=1S/C4H8O2/c5-2-1-4-3-6-4/h4-5H,1-3H2/t4-/m1/s1. The lowest BCUT2D eigenvalue weighted by molar-refractivity contribution is 0.264. The van der Waals surface area contributed by atoms with Gasteiger partial charge in [-0.25, -0.2) is 0 Å². The summed E-state index contributed by atoms with van der Waals surface area (Å²) in [5.41, 5.74) is 0. The van der Waals surface area contributed by atoms with E-state index in [0.717, 1.165) is 13.0 Å². The third kappa shape index (κ3) is 0.954. The molecule has 0 aliphatic carbocycles. The summed E-state index contributed by atoms with van der Waals surface area (Å²) < 4.78 is 4.79. The third-order valence-corrected chi connectivity index (χ3v) is 0.853. The molecule has 0 unspecified atom stereocenters. The minimum Gasteiger partial charge on any atom is -0.396 e. The van der Waals surface area contributed by atoms with Gasteiger partial charge in [0.15, 0.2) is 0 Å². The minimum atomic E-state index is 0.269. The number of hydrogen-bond acceptors (Lipinski definition) is 2. The first kappa shape index (κ1) is 4.09. The molecule has 1 aliphatic rings. The molecule has 0 saturated carbocycles. The molecule has 1 rings (SSSR count). The molecule has 1 saturated heterocycles. The lowest BCUT2D eigenvalue weighted by Crippen LogP contribution is -1.88.